The minimum Gasteiger partial charge on any atom is -0.508 e. The molecule has 8 heterocycles. The number of carbonyl (C=O) groups is 5. The van der Waals surface area contributed by atoms with Gasteiger partial charge in [0.1, 0.15) is 46.2 Å². The summed E-state index contributed by atoms with van der Waals surface area (Å²) < 4.78 is 24.7. The van der Waals surface area contributed by atoms with Crippen LogP contribution in [0.4, 0.5) is 5.69 Å². The van der Waals surface area contributed by atoms with E-state index >= 15 is 0 Å². The molecule has 8 aromatic rings. The zero-order valence-electron chi connectivity index (χ0n) is 65.2. The van der Waals surface area contributed by atoms with Crippen LogP contribution in [0.3, 0.4) is 0 Å². The number of aliphatic imine (C=N–C) groups is 4. The van der Waals surface area contributed by atoms with Crippen LogP contribution in [0.15, 0.2) is 210 Å². The van der Waals surface area contributed by atoms with Crippen LogP contribution in [0.25, 0.3) is 44.5 Å². The van der Waals surface area contributed by atoms with Gasteiger partial charge in [0.05, 0.1) is 63.2 Å². The highest BCUT2D eigenvalue weighted by Gasteiger charge is 2.36. The lowest BCUT2D eigenvalue weighted by Gasteiger charge is -2.39. The van der Waals surface area contributed by atoms with Gasteiger partial charge >= 0.3 is 0 Å². The normalized spacial score (nSPS) is 17.6. The highest BCUT2D eigenvalue weighted by Crippen LogP contribution is 2.41. The fourth-order valence-corrected chi connectivity index (χ4v) is 15.0. The van der Waals surface area contributed by atoms with Gasteiger partial charge in [-0.25, -0.2) is 0 Å². The largest absolute Gasteiger partial charge is 0.508 e. The van der Waals surface area contributed by atoms with Gasteiger partial charge in [-0.05, 0) is 204 Å². The number of hydrogen-bond acceptors (Lipinski definition) is 17. The molecule has 8 aromatic carbocycles. The molecule has 5 amide bonds. The Hall–Kier alpha value is -12.2. The maximum absolute atomic E-state index is 12.8. The minimum atomic E-state index is -0.751. The van der Waals surface area contributed by atoms with E-state index in [1.54, 1.807) is 58.5 Å². The molecular weight excluding hydrogens is 1470 g/mol. The Morgan fingerprint density at radius 1 is 0.548 bits per heavy atom. The van der Waals surface area contributed by atoms with Gasteiger partial charge in [-0.1, -0.05) is 97.6 Å². The Morgan fingerprint density at radius 3 is 1.59 bits per heavy atom. The molecule has 0 aromatic heterocycles. The first-order valence-electron chi connectivity index (χ1n) is 38.6. The number of halogens is 1. The highest BCUT2D eigenvalue weighted by atomic mass is 35.5. The number of rotatable bonds is 19. The van der Waals surface area contributed by atoms with Gasteiger partial charge in [-0.2, -0.15) is 0 Å². The molecule has 115 heavy (non-hydrogen) atoms. The van der Waals surface area contributed by atoms with Crippen molar-refractivity contribution in [3.8, 4) is 79.0 Å². The smallest absolute Gasteiger partial charge is 0.255 e. The molecule has 4 N–H and O–H groups in total. The number of phenolic OH excluding ortho intramolecular Hbond substituents is 3. The number of hydrogen-bond donors (Lipinski definition) is 4. The molecular formula is C92H95ClN10O12. The summed E-state index contributed by atoms with van der Waals surface area (Å²) in [5, 5.41) is 32.0. The average molecular weight is 1570 g/mol. The fourth-order valence-electron chi connectivity index (χ4n) is 14.9. The van der Waals surface area contributed by atoms with E-state index in [0.29, 0.717) is 95.3 Å². The molecule has 0 saturated carbocycles. The molecule has 0 radical (unpaired) electrons. The van der Waals surface area contributed by atoms with Gasteiger partial charge in [0.15, 0.2) is 6.10 Å². The second-order valence-corrected chi connectivity index (χ2v) is 30.5. The molecule has 8 aliphatic rings. The zero-order valence-corrected chi connectivity index (χ0v) is 65.9. The van der Waals surface area contributed by atoms with Crippen LogP contribution in [0, 0.1) is 12.8 Å². The number of carbonyl (C=O) groups excluding carboxylic acids is 5. The summed E-state index contributed by atoms with van der Waals surface area (Å²) >= 11 is 6.07. The van der Waals surface area contributed by atoms with Crippen molar-refractivity contribution < 1.29 is 58.2 Å². The van der Waals surface area contributed by atoms with Crippen LogP contribution in [-0.2, 0) is 54.9 Å². The SMILES string of the molecule is C=CC(=O)N1CCO[C@@H](C(=O)Nc2cc(-c3ccc(O)cc3)cc3c2C=NC3)C1.C=CC(=O)N1CC[C@H](COc2cc(-c3ccc(O)cc3)cc3c2C=NC3)C1.C=CC(=O)N1CC[C@H](Oc2cc(-c3ccc(O)c(Cl)c3)cc3c2C=NC3)C1.Cc1ccc(-c2cc3c(c(OC4(C)CCN(C(=O)/C=C/CN(C)C)CC4)c2)C=NC3)cc1. The van der Waals surface area contributed by atoms with Crippen molar-refractivity contribution in [3.63, 3.8) is 0 Å². The van der Waals surface area contributed by atoms with Crippen molar-refractivity contribution in [1.29, 1.82) is 0 Å². The molecule has 22 nitrogen and oxygen atoms in total. The zero-order chi connectivity index (χ0) is 80.9. The number of nitrogens with one attached hydrogen (secondary N) is 1. The standard InChI is InChI=1S/C27H33N3O2.C22H21N3O4.C22H22N2O3.C21H19ClN2O3/c1-20-7-9-21(10-8-20)22-16-23-18-28-19-24(23)25(17-22)32-27(2)11-14-30(15-12-27)26(31)6-5-13-29(3)4;1-2-21(27)25-7-8-29-20(13-25)22(28)24-19-10-15(9-16-11-23-12-18(16)19)14-3-5-17(26)6-4-14;1-2-22(26)24-8-7-15(13-24)14-27-21-10-17(9-18-11-23-12-20(18)21)16-3-5-19(25)6-4-16;1-2-21(26)24-6-5-16(12-24)27-20-9-14(7-15-10-23-11-17(15)20)13-3-4-19(25)18(22)8-13/h5-10,16-17,19H,11-15,18H2,1-4H3;2-6,9-10,12,20,26H,1,7-8,11,13H2,(H,24,28);2-6,9-10,12,15,25H,1,7-8,11,13-14H2;2-4,7-9,11,16,25H,1,5-6,10,12H2/b6-5+;;;/t;20-;15-;16-/m.100/s1. The van der Waals surface area contributed by atoms with E-state index in [9.17, 15) is 39.3 Å². The third-order valence-electron chi connectivity index (χ3n) is 21.4. The van der Waals surface area contributed by atoms with Gasteiger partial charge in [-0.15, -0.1) is 0 Å². The number of likely N-dealkylation sites (tertiary alicyclic amines) is 3. The minimum absolute atomic E-state index is 0.0140. The van der Waals surface area contributed by atoms with Gasteiger partial charge in [0.2, 0.25) is 23.6 Å². The molecule has 8 aliphatic heterocycles. The predicted molar refractivity (Wildman–Crippen MR) is 451 cm³/mol. The summed E-state index contributed by atoms with van der Waals surface area (Å²) in [5.41, 5.74) is 18.1. The first-order valence-corrected chi connectivity index (χ1v) is 39.0. The van der Waals surface area contributed by atoms with E-state index in [1.807, 2.05) is 108 Å². The average Bonchev–Trinajstić information content (AvgIpc) is 1.72. The number of nitrogens with zero attached hydrogens (tertiary/aromatic N) is 9. The van der Waals surface area contributed by atoms with Gasteiger partial charge in [0.25, 0.3) is 5.91 Å². The van der Waals surface area contributed by atoms with Crippen molar-refractivity contribution >= 4 is 71.7 Å². The van der Waals surface area contributed by atoms with Crippen LogP contribution in [0.1, 0.15) is 82.7 Å². The Balaban J connectivity index is 0.000000134. The Bertz CT molecular complexity index is 5160. The van der Waals surface area contributed by atoms with Crippen molar-refractivity contribution in [2.75, 3.05) is 91.5 Å². The molecule has 4 saturated heterocycles. The molecule has 16 rings (SSSR count). The van der Waals surface area contributed by atoms with Gasteiger partial charge in [0, 0.05) is 124 Å². The van der Waals surface area contributed by atoms with E-state index in [4.69, 9.17) is 30.5 Å². The number of aryl methyl sites for hydroxylation is 1. The molecule has 0 spiro atoms. The number of ether oxygens (including phenoxy) is 4. The lowest BCUT2D eigenvalue weighted by atomic mass is 9.92. The number of phenols is 3. The number of fused-ring (bicyclic) bond motifs is 4. The number of amides is 5. The Labute approximate surface area is 675 Å². The monoisotopic (exact) mass is 1570 g/mol. The lowest BCUT2D eigenvalue weighted by Crippen LogP contribution is -2.49. The summed E-state index contributed by atoms with van der Waals surface area (Å²) in [6.07, 6.45) is 17.5. The summed E-state index contributed by atoms with van der Waals surface area (Å²) in [4.78, 5) is 87.3. The van der Waals surface area contributed by atoms with E-state index < -0.39 is 6.10 Å². The molecule has 0 unspecified atom stereocenters. The van der Waals surface area contributed by atoms with Gasteiger partial charge in [-0.3, -0.25) is 43.9 Å². The Morgan fingerprint density at radius 2 is 1.03 bits per heavy atom. The maximum atomic E-state index is 12.8. The first-order chi connectivity index (χ1) is 55.6. The van der Waals surface area contributed by atoms with Crippen molar-refractivity contribution in [3.05, 3.63) is 245 Å². The summed E-state index contributed by atoms with van der Waals surface area (Å²) in [6, 6.07) is 44.3. The lowest BCUT2D eigenvalue weighted by molar-refractivity contribution is -0.141. The molecule has 0 aliphatic carbocycles. The first kappa shape index (κ1) is 80.8. The highest BCUT2D eigenvalue weighted by molar-refractivity contribution is 6.32. The van der Waals surface area contributed by atoms with Crippen LogP contribution >= 0.6 is 11.6 Å². The summed E-state index contributed by atoms with van der Waals surface area (Å²) in [7, 11) is 3.99. The van der Waals surface area contributed by atoms with E-state index in [0.717, 1.165) is 134 Å². The quantitative estimate of drug-likeness (QED) is 0.0550. The van der Waals surface area contributed by atoms with E-state index in [1.165, 1.54) is 34.9 Å². The van der Waals surface area contributed by atoms with Crippen LogP contribution in [0.5, 0.6) is 34.5 Å². The van der Waals surface area contributed by atoms with Crippen molar-refractivity contribution in [2.24, 2.45) is 25.9 Å². The number of morpholine rings is 1. The van der Waals surface area contributed by atoms with E-state index in [2.05, 4.69) is 107 Å². The molecule has 23 heteroatoms. The number of piperidine rings is 1. The fraction of sp³-hybridized carbons (Fsp3) is 0.293. The third kappa shape index (κ3) is 20.0. The molecule has 592 valence electrons. The molecule has 0 bridgehead atoms. The second-order valence-electron chi connectivity index (χ2n) is 30.1. The summed E-state index contributed by atoms with van der Waals surface area (Å²) in [6.45, 7) is 23.7. The Kier molecular flexibility index (Phi) is 25.8. The second kappa shape index (κ2) is 36.7. The third-order valence-corrected chi connectivity index (χ3v) is 21.7. The van der Waals surface area contributed by atoms with E-state index in [-0.39, 0.29) is 65.0 Å². The van der Waals surface area contributed by atoms with Crippen LogP contribution < -0.4 is 19.5 Å². The predicted octanol–water partition coefficient (Wildman–Crippen LogP) is 14.0. The topological polar surface area (TPSA) is 261 Å². The summed E-state index contributed by atoms with van der Waals surface area (Å²) in [5.74, 6) is 2.77. The number of anilines is 1. The molecule has 4 fully saturated rings. The number of likely N-dealkylation sites (N-methyl/N-ethyl adjacent to an activating group) is 1. The van der Waals surface area contributed by atoms with Crippen LogP contribution in [-0.4, -0.2) is 198 Å². The molecule has 3 atom stereocenters. The van der Waals surface area contributed by atoms with Gasteiger partial charge < -0.3 is 64.1 Å². The van der Waals surface area contributed by atoms with Crippen LogP contribution in [0.2, 0.25) is 5.02 Å². The maximum Gasteiger partial charge on any atom is 0.255 e. The number of benzene rings is 8. The van der Waals surface area contributed by atoms with Crippen molar-refractivity contribution in [2.45, 2.75) is 83.5 Å². The van der Waals surface area contributed by atoms with Crippen molar-refractivity contribution in [1.82, 2.24) is 24.5 Å². The number of aromatic hydroxyl groups is 3.